The number of hydrogen-bond donors (Lipinski definition) is 0. The molecule has 74 valence electrons. The van der Waals surface area contributed by atoms with E-state index in [1.807, 2.05) is 0 Å². The van der Waals surface area contributed by atoms with Gasteiger partial charge in [-0.05, 0) is 48.6 Å². The predicted octanol–water partition coefficient (Wildman–Crippen LogP) is 3.42. The molecule has 0 amide bonds. The maximum Gasteiger partial charge on any atom is 0.0398 e. The van der Waals surface area contributed by atoms with E-state index < -0.39 is 0 Å². The Labute approximate surface area is 90.3 Å². The SMILES string of the molecule is ClC1C2CCC1Cc1ccccc1C2. The summed E-state index contributed by atoms with van der Waals surface area (Å²) in [5, 5.41) is 0.433. The molecule has 3 rings (SSSR count). The van der Waals surface area contributed by atoms with Gasteiger partial charge in [-0.25, -0.2) is 0 Å². The summed E-state index contributed by atoms with van der Waals surface area (Å²) in [7, 11) is 0. The second kappa shape index (κ2) is 3.27. The first-order valence-electron chi connectivity index (χ1n) is 5.55. The second-order valence-electron chi connectivity index (χ2n) is 4.72. The third-order valence-corrected chi connectivity index (χ3v) is 4.60. The second-order valence-corrected chi connectivity index (χ2v) is 5.22. The number of rotatable bonds is 0. The van der Waals surface area contributed by atoms with E-state index in [1.54, 1.807) is 11.1 Å². The third-order valence-electron chi connectivity index (χ3n) is 3.89. The Kier molecular flexibility index (Phi) is 2.05. The minimum Gasteiger partial charge on any atom is -0.122 e. The van der Waals surface area contributed by atoms with Crippen molar-refractivity contribution in [3.63, 3.8) is 0 Å². The third kappa shape index (κ3) is 1.28. The summed E-state index contributed by atoms with van der Waals surface area (Å²) < 4.78 is 0. The van der Waals surface area contributed by atoms with E-state index in [2.05, 4.69) is 24.3 Å². The van der Waals surface area contributed by atoms with Crippen LogP contribution in [0.3, 0.4) is 0 Å². The van der Waals surface area contributed by atoms with Crippen molar-refractivity contribution in [1.29, 1.82) is 0 Å². The average Bonchev–Trinajstić information content (AvgIpc) is 2.44. The van der Waals surface area contributed by atoms with E-state index in [0.29, 0.717) is 5.38 Å². The van der Waals surface area contributed by atoms with Gasteiger partial charge in [-0.3, -0.25) is 0 Å². The molecule has 2 bridgehead atoms. The van der Waals surface area contributed by atoms with Gasteiger partial charge in [0.1, 0.15) is 0 Å². The first kappa shape index (κ1) is 8.79. The van der Waals surface area contributed by atoms with Crippen LogP contribution in [-0.2, 0) is 12.8 Å². The van der Waals surface area contributed by atoms with Crippen molar-refractivity contribution in [1.82, 2.24) is 0 Å². The van der Waals surface area contributed by atoms with E-state index in [1.165, 1.54) is 25.7 Å². The molecule has 0 N–H and O–H groups in total. The number of fused-ring (bicyclic) bond motifs is 3. The fourth-order valence-electron chi connectivity index (χ4n) is 3.08. The normalized spacial score (nSPS) is 35.1. The van der Waals surface area contributed by atoms with Crippen LogP contribution in [0.15, 0.2) is 24.3 Å². The monoisotopic (exact) mass is 206 g/mol. The Hall–Kier alpha value is -0.490. The van der Waals surface area contributed by atoms with E-state index in [-0.39, 0.29) is 0 Å². The molecular weight excluding hydrogens is 192 g/mol. The summed E-state index contributed by atoms with van der Waals surface area (Å²) in [5.41, 5.74) is 3.09. The molecule has 1 heteroatoms. The minimum absolute atomic E-state index is 0.433. The molecule has 1 saturated carbocycles. The average molecular weight is 207 g/mol. The van der Waals surface area contributed by atoms with Gasteiger partial charge in [-0.1, -0.05) is 24.3 Å². The number of benzene rings is 1. The fourth-order valence-corrected chi connectivity index (χ4v) is 3.51. The van der Waals surface area contributed by atoms with Crippen LogP contribution in [0.1, 0.15) is 24.0 Å². The van der Waals surface area contributed by atoms with Crippen LogP contribution in [-0.4, -0.2) is 5.38 Å². The highest BCUT2D eigenvalue weighted by Crippen LogP contribution is 2.42. The molecule has 0 radical (unpaired) electrons. The maximum atomic E-state index is 6.47. The van der Waals surface area contributed by atoms with Crippen LogP contribution < -0.4 is 0 Å². The lowest BCUT2D eigenvalue weighted by Crippen LogP contribution is -2.14. The molecule has 1 aromatic carbocycles. The molecule has 1 fully saturated rings. The van der Waals surface area contributed by atoms with E-state index in [9.17, 15) is 0 Å². The van der Waals surface area contributed by atoms with Crippen LogP contribution in [0.4, 0.5) is 0 Å². The Morgan fingerprint density at radius 2 is 1.43 bits per heavy atom. The highest BCUT2D eigenvalue weighted by Gasteiger charge is 2.37. The van der Waals surface area contributed by atoms with Gasteiger partial charge in [0.15, 0.2) is 0 Å². The van der Waals surface area contributed by atoms with Crippen LogP contribution in [0.5, 0.6) is 0 Å². The van der Waals surface area contributed by atoms with Crippen molar-refractivity contribution >= 4 is 11.6 Å². The molecule has 2 unspecified atom stereocenters. The number of hydrogen-bond acceptors (Lipinski definition) is 0. The van der Waals surface area contributed by atoms with E-state index in [4.69, 9.17) is 11.6 Å². The predicted molar refractivity (Wildman–Crippen MR) is 59.7 cm³/mol. The molecule has 0 heterocycles. The highest BCUT2D eigenvalue weighted by molar-refractivity contribution is 6.21. The molecule has 2 atom stereocenters. The zero-order chi connectivity index (χ0) is 9.54. The van der Waals surface area contributed by atoms with Crippen LogP contribution in [0.25, 0.3) is 0 Å². The quantitative estimate of drug-likeness (QED) is 0.571. The fraction of sp³-hybridized carbons (Fsp3) is 0.538. The molecule has 1 aromatic rings. The summed E-state index contributed by atoms with van der Waals surface area (Å²) in [6.45, 7) is 0. The zero-order valence-electron chi connectivity index (χ0n) is 8.25. The highest BCUT2D eigenvalue weighted by atomic mass is 35.5. The molecule has 0 saturated heterocycles. The topological polar surface area (TPSA) is 0 Å². The number of alkyl halides is 1. The van der Waals surface area contributed by atoms with Crippen molar-refractivity contribution in [2.45, 2.75) is 31.1 Å². The molecule has 0 nitrogen and oxygen atoms in total. The van der Waals surface area contributed by atoms with Crippen LogP contribution >= 0.6 is 11.6 Å². The Morgan fingerprint density at radius 3 is 1.93 bits per heavy atom. The summed E-state index contributed by atoms with van der Waals surface area (Å²) in [5.74, 6) is 1.48. The molecule has 14 heavy (non-hydrogen) atoms. The number of halogens is 1. The molecule has 0 aromatic heterocycles. The lowest BCUT2D eigenvalue weighted by Gasteiger charge is -2.13. The van der Waals surface area contributed by atoms with Gasteiger partial charge in [-0.2, -0.15) is 0 Å². The van der Waals surface area contributed by atoms with E-state index in [0.717, 1.165) is 11.8 Å². The smallest absolute Gasteiger partial charge is 0.0398 e. The van der Waals surface area contributed by atoms with Crippen molar-refractivity contribution < 1.29 is 0 Å². The van der Waals surface area contributed by atoms with Gasteiger partial charge in [0.2, 0.25) is 0 Å². The zero-order valence-corrected chi connectivity index (χ0v) is 9.00. The molecule has 2 aliphatic carbocycles. The van der Waals surface area contributed by atoms with Crippen molar-refractivity contribution in [3.05, 3.63) is 35.4 Å². The maximum absolute atomic E-state index is 6.47. The van der Waals surface area contributed by atoms with Gasteiger partial charge in [0.25, 0.3) is 0 Å². The lowest BCUT2D eigenvalue weighted by atomic mass is 9.94. The first-order valence-corrected chi connectivity index (χ1v) is 5.99. The molecule has 0 aliphatic heterocycles. The van der Waals surface area contributed by atoms with Crippen molar-refractivity contribution in [2.75, 3.05) is 0 Å². The minimum atomic E-state index is 0.433. The summed E-state index contributed by atoms with van der Waals surface area (Å²) in [4.78, 5) is 0. The van der Waals surface area contributed by atoms with Crippen molar-refractivity contribution in [2.24, 2.45) is 11.8 Å². The van der Waals surface area contributed by atoms with Crippen molar-refractivity contribution in [3.8, 4) is 0 Å². The molecule has 2 aliphatic rings. The summed E-state index contributed by atoms with van der Waals surface area (Å²) in [6.07, 6.45) is 5.10. The largest absolute Gasteiger partial charge is 0.122 e. The van der Waals surface area contributed by atoms with Gasteiger partial charge < -0.3 is 0 Å². The van der Waals surface area contributed by atoms with Gasteiger partial charge in [-0.15, -0.1) is 11.6 Å². The van der Waals surface area contributed by atoms with Crippen LogP contribution in [0.2, 0.25) is 0 Å². The summed E-state index contributed by atoms with van der Waals surface area (Å²) in [6, 6.07) is 8.86. The lowest BCUT2D eigenvalue weighted by molar-refractivity contribution is 0.519. The molecule has 0 spiro atoms. The van der Waals surface area contributed by atoms with E-state index >= 15 is 0 Å². The summed E-state index contributed by atoms with van der Waals surface area (Å²) >= 11 is 6.47. The standard InChI is InChI=1S/C13H15Cl/c14-13-11-5-6-12(13)8-10-4-2-1-3-9(10)7-11/h1-4,11-13H,5-8H2. The van der Waals surface area contributed by atoms with Gasteiger partial charge >= 0.3 is 0 Å². The Morgan fingerprint density at radius 1 is 0.929 bits per heavy atom. The Bertz CT molecular complexity index is 312. The van der Waals surface area contributed by atoms with Gasteiger partial charge in [0, 0.05) is 5.38 Å². The first-order chi connectivity index (χ1) is 6.84. The van der Waals surface area contributed by atoms with Gasteiger partial charge in [0.05, 0.1) is 0 Å². The molecular formula is C13H15Cl. The Balaban J connectivity index is 2.01. The van der Waals surface area contributed by atoms with Crippen LogP contribution in [0, 0.1) is 11.8 Å².